The van der Waals surface area contributed by atoms with E-state index >= 15 is 0 Å². The molecule has 1 aromatic heterocycles. The van der Waals surface area contributed by atoms with E-state index in [0.29, 0.717) is 46.8 Å². The number of carbonyl (C=O) groups is 1. The van der Waals surface area contributed by atoms with Crippen molar-refractivity contribution in [3.63, 3.8) is 0 Å². The third-order valence-electron chi connectivity index (χ3n) is 5.66. The van der Waals surface area contributed by atoms with Crippen LogP contribution in [0, 0.1) is 3.57 Å². The zero-order valence-electron chi connectivity index (χ0n) is 21.1. The normalized spacial score (nSPS) is 15.4. The highest BCUT2D eigenvalue weighted by Gasteiger charge is 2.35. The maximum Gasteiger partial charge on any atom is 0.338 e. The summed E-state index contributed by atoms with van der Waals surface area (Å²) in [4.78, 5) is 32.1. The number of benzene rings is 2. The average molecular weight is 634 g/mol. The first kappa shape index (κ1) is 26.9. The van der Waals surface area contributed by atoms with Crippen LogP contribution in [0.1, 0.15) is 44.9 Å². The molecule has 37 heavy (non-hydrogen) atoms. The van der Waals surface area contributed by atoms with Crippen LogP contribution in [0.25, 0.3) is 6.08 Å². The zero-order chi connectivity index (χ0) is 26.9. The molecule has 0 bridgehead atoms. The molecule has 0 aliphatic carbocycles. The second-order valence-electron chi connectivity index (χ2n) is 8.56. The molecule has 2 heterocycles. The Kier molecular flexibility index (Phi) is 8.08. The van der Waals surface area contributed by atoms with Crippen LogP contribution < -0.4 is 24.4 Å². The standard InChI is InChI=1S/C27H27IN2O6S/c1-6-35-26(33)22-15(4)29-27-30(23(22)17-9-7-8-10-19(17)36-14(2)3)25(32)21(37-27)13-16-11-18(28)24(31)20(12-16)34-5/h7-14,23,31H,6H2,1-5H3/b21-13-/t23-/m0/s1. The number of rotatable bonds is 7. The number of nitrogens with zero attached hydrogens (tertiary/aromatic N) is 2. The predicted molar refractivity (Wildman–Crippen MR) is 150 cm³/mol. The summed E-state index contributed by atoms with van der Waals surface area (Å²) in [5.41, 5.74) is 1.83. The number of carbonyl (C=O) groups excluding carboxylic acids is 1. The van der Waals surface area contributed by atoms with Crippen LogP contribution in [0.15, 0.2) is 57.5 Å². The number of phenolic OH excluding ortho intramolecular Hbond substituents is 1. The second-order valence-corrected chi connectivity index (χ2v) is 10.7. The number of hydrogen-bond donors (Lipinski definition) is 1. The van der Waals surface area contributed by atoms with E-state index in [-0.39, 0.29) is 24.0 Å². The summed E-state index contributed by atoms with van der Waals surface area (Å²) >= 11 is 3.24. The molecular formula is C27H27IN2O6S. The maximum absolute atomic E-state index is 13.9. The Morgan fingerprint density at radius 3 is 2.68 bits per heavy atom. The van der Waals surface area contributed by atoms with Gasteiger partial charge in [0.1, 0.15) is 11.8 Å². The molecule has 0 radical (unpaired) electrons. The first-order valence-electron chi connectivity index (χ1n) is 11.7. The van der Waals surface area contributed by atoms with E-state index in [2.05, 4.69) is 4.99 Å². The van der Waals surface area contributed by atoms with Crippen molar-refractivity contribution >= 4 is 46.0 Å². The molecule has 1 N–H and O–H groups in total. The Morgan fingerprint density at radius 2 is 2.00 bits per heavy atom. The maximum atomic E-state index is 13.9. The van der Waals surface area contributed by atoms with Crippen LogP contribution in [-0.2, 0) is 9.53 Å². The molecule has 4 rings (SSSR count). The van der Waals surface area contributed by atoms with Crippen molar-refractivity contribution in [3.05, 3.63) is 82.1 Å². The highest BCUT2D eigenvalue weighted by atomic mass is 127. The lowest BCUT2D eigenvalue weighted by Crippen LogP contribution is -2.40. The molecule has 10 heteroatoms. The van der Waals surface area contributed by atoms with Crippen molar-refractivity contribution in [1.29, 1.82) is 0 Å². The van der Waals surface area contributed by atoms with E-state index < -0.39 is 12.0 Å². The van der Waals surface area contributed by atoms with E-state index in [1.165, 1.54) is 23.0 Å². The van der Waals surface area contributed by atoms with Gasteiger partial charge in [-0.1, -0.05) is 29.5 Å². The fourth-order valence-electron chi connectivity index (χ4n) is 4.14. The number of hydrogen-bond acceptors (Lipinski definition) is 8. The Morgan fingerprint density at radius 1 is 1.27 bits per heavy atom. The van der Waals surface area contributed by atoms with Gasteiger partial charge in [0.25, 0.3) is 5.56 Å². The third kappa shape index (κ3) is 5.30. The van der Waals surface area contributed by atoms with Gasteiger partial charge in [-0.3, -0.25) is 9.36 Å². The van der Waals surface area contributed by atoms with E-state index in [1.54, 1.807) is 32.1 Å². The fourth-order valence-corrected chi connectivity index (χ4v) is 5.81. The number of methoxy groups -OCH3 is 1. The lowest BCUT2D eigenvalue weighted by molar-refractivity contribution is -0.139. The van der Waals surface area contributed by atoms with Crippen molar-refractivity contribution in [2.45, 2.75) is 39.8 Å². The largest absolute Gasteiger partial charge is 0.504 e. The molecule has 1 aliphatic heterocycles. The number of thiazole rings is 1. The van der Waals surface area contributed by atoms with Crippen LogP contribution >= 0.6 is 33.9 Å². The van der Waals surface area contributed by atoms with Gasteiger partial charge in [-0.05, 0) is 80.1 Å². The summed E-state index contributed by atoms with van der Waals surface area (Å²) in [6, 6.07) is 10.0. The van der Waals surface area contributed by atoms with Crippen molar-refractivity contribution in [1.82, 2.24) is 4.57 Å². The highest BCUT2D eigenvalue weighted by Crippen LogP contribution is 2.36. The smallest absolute Gasteiger partial charge is 0.338 e. The van der Waals surface area contributed by atoms with Crippen LogP contribution in [0.3, 0.4) is 0 Å². The van der Waals surface area contributed by atoms with Gasteiger partial charge in [0.15, 0.2) is 16.3 Å². The molecule has 1 atom stereocenters. The van der Waals surface area contributed by atoms with E-state index in [1.807, 2.05) is 60.7 Å². The third-order valence-corrected chi connectivity index (χ3v) is 7.47. The summed E-state index contributed by atoms with van der Waals surface area (Å²) < 4.78 is 19.3. The van der Waals surface area contributed by atoms with Crippen LogP contribution in [-0.4, -0.2) is 35.5 Å². The number of fused-ring (bicyclic) bond motifs is 1. The van der Waals surface area contributed by atoms with Crippen LogP contribution in [0.4, 0.5) is 0 Å². The predicted octanol–water partition coefficient (Wildman–Crippen LogP) is 3.90. The molecule has 0 saturated carbocycles. The Balaban J connectivity index is 1.98. The van der Waals surface area contributed by atoms with Crippen molar-refractivity contribution in [2.24, 2.45) is 4.99 Å². The Labute approximate surface area is 231 Å². The molecule has 0 amide bonds. The minimum atomic E-state index is -0.776. The van der Waals surface area contributed by atoms with Crippen molar-refractivity contribution in [3.8, 4) is 17.2 Å². The molecule has 0 fully saturated rings. The van der Waals surface area contributed by atoms with Gasteiger partial charge in [-0.2, -0.15) is 0 Å². The highest BCUT2D eigenvalue weighted by molar-refractivity contribution is 14.1. The number of para-hydroxylation sites is 1. The van der Waals surface area contributed by atoms with Crippen LogP contribution in [0.5, 0.6) is 17.2 Å². The summed E-state index contributed by atoms with van der Waals surface area (Å²) in [6.07, 6.45) is 1.62. The van der Waals surface area contributed by atoms with Gasteiger partial charge in [0.2, 0.25) is 0 Å². The number of esters is 1. The van der Waals surface area contributed by atoms with E-state index in [0.717, 1.165) is 0 Å². The molecule has 2 aromatic carbocycles. The van der Waals surface area contributed by atoms with Crippen molar-refractivity contribution < 1.29 is 24.1 Å². The van der Waals surface area contributed by atoms with Gasteiger partial charge in [-0.15, -0.1) is 0 Å². The molecule has 0 unspecified atom stereocenters. The molecule has 194 valence electrons. The van der Waals surface area contributed by atoms with Gasteiger partial charge >= 0.3 is 5.97 Å². The number of halogens is 1. The molecule has 8 nitrogen and oxygen atoms in total. The molecule has 0 spiro atoms. The Hall–Kier alpha value is -3.12. The zero-order valence-corrected chi connectivity index (χ0v) is 24.0. The Bertz CT molecular complexity index is 1570. The fraction of sp³-hybridized carbons (Fsp3) is 0.296. The molecule has 1 aliphatic rings. The van der Waals surface area contributed by atoms with E-state index in [9.17, 15) is 14.7 Å². The summed E-state index contributed by atoms with van der Waals surface area (Å²) in [6.45, 7) is 7.51. The minimum Gasteiger partial charge on any atom is -0.504 e. The topological polar surface area (TPSA) is 99.4 Å². The number of ether oxygens (including phenoxy) is 3. The first-order valence-corrected chi connectivity index (χ1v) is 13.6. The van der Waals surface area contributed by atoms with Crippen LogP contribution in [0.2, 0.25) is 0 Å². The summed E-state index contributed by atoms with van der Waals surface area (Å²) in [5, 5.41) is 10.2. The van der Waals surface area contributed by atoms with Crippen molar-refractivity contribution in [2.75, 3.05) is 13.7 Å². The molecular weight excluding hydrogens is 607 g/mol. The summed E-state index contributed by atoms with van der Waals surface area (Å²) in [5.74, 6) is 0.397. The summed E-state index contributed by atoms with van der Waals surface area (Å²) in [7, 11) is 1.47. The monoisotopic (exact) mass is 634 g/mol. The number of aromatic hydroxyl groups is 1. The average Bonchev–Trinajstić information content (AvgIpc) is 3.14. The lowest BCUT2D eigenvalue weighted by Gasteiger charge is -2.26. The van der Waals surface area contributed by atoms with Gasteiger partial charge < -0.3 is 19.3 Å². The first-order chi connectivity index (χ1) is 17.7. The van der Waals surface area contributed by atoms with Gasteiger partial charge in [-0.25, -0.2) is 9.79 Å². The number of phenols is 1. The van der Waals surface area contributed by atoms with Gasteiger partial charge in [0.05, 0.1) is 39.2 Å². The van der Waals surface area contributed by atoms with E-state index in [4.69, 9.17) is 14.2 Å². The SMILES string of the molecule is CCOC(=O)C1=C(C)N=c2s/c(=C\c3cc(I)c(O)c(OC)c3)c(=O)n2[C@H]1c1ccccc1OC(C)C. The van der Waals surface area contributed by atoms with Gasteiger partial charge in [0, 0.05) is 5.56 Å². The lowest BCUT2D eigenvalue weighted by atomic mass is 9.95. The number of allylic oxidation sites excluding steroid dienone is 1. The molecule has 0 saturated heterocycles. The quantitative estimate of drug-likeness (QED) is 0.313. The number of aromatic nitrogens is 1. The minimum absolute atomic E-state index is 0.0400. The second kappa shape index (κ2) is 11.1. The molecule has 3 aromatic rings.